The van der Waals surface area contributed by atoms with Gasteiger partial charge in [-0.05, 0) is 49.1 Å². The molecular formula is C17H18FNO. The molecule has 2 aromatic rings. The first-order valence-corrected chi connectivity index (χ1v) is 6.97. The maximum absolute atomic E-state index is 13.2. The van der Waals surface area contributed by atoms with Crippen LogP contribution in [0.25, 0.3) is 0 Å². The van der Waals surface area contributed by atoms with Gasteiger partial charge in [0.05, 0.1) is 12.1 Å². The van der Waals surface area contributed by atoms with Gasteiger partial charge in [-0.3, -0.25) is 0 Å². The van der Waals surface area contributed by atoms with Crippen molar-refractivity contribution in [3.8, 4) is 0 Å². The van der Waals surface area contributed by atoms with Crippen LogP contribution in [0.5, 0.6) is 0 Å². The Morgan fingerprint density at radius 2 is 2.05 bits per heavy atom. The van der Waals surface area contributed by atoms with Crippen molar-refractivity contribution in [2.24, 2.45) is 0 Å². The molecule has 0 radical (unpaired) electrons. The van der Waals surface area contributed by atoms with Gasteiger partial charge in [0.1, 0.15) is 5.82 Å². The molecule has 0 aliphatic heterocycles. The molecule has 2 nitrogen and oxygen atoms in total. The summed E-state index contributed by atoms with van der Waals surface area (Å²) in [6, 6.07) is 13.0. The van der Waals surface area contributed by atoms with E-state index in [9.17, 15) is 9.50 Å². The van der Waals surface area contributed by atoms with E-state index in [1.54, 1.807) is 13.0 Å². The van der Waals surface area contributed by atoms with Crippen molar-refractivity contribution in [1.29, 1.82) is 0 Å². The number of rotatable bonds is 3. The second-order valence-corrected chi connectivity index (χ2v) is 5.34. The Bertz CT molecular complexity index is 624. The van der Waals surface area contributed by atoms with Crippen LogP contribution in [0.1, 0.15) is 42.2 Å². The summed E-state index contributed by atoms with van der Waals surface area (Å²) in [5.74, 6) is -0.172. The lowest BCUT2D eigenvalue weighted by Crippen LogP contribution is -2.09. The third-order valence-electron chi connectivity index (χ3n) is 3.92. The molecule has 0 saturated heterocycles. The van der Waals surface area contributed by atoms with Crippen molar-refractivity contribution in [1.82, 2.24) is 0 Å². The Balaban J connectivity index is 1.88. The molecule has 0 bridgehead atoms. The minimum absolute atomic E-state index is 0.172. The number of benzene rings is 2. The number of aryl methyl sites for hydroxylation is 1. The fourth-order valence-corrected chi connectivity index (χ4v) is 2.92. The first-order chi connectivity index (χ1) is 9.65. The highest BCUT2D eigenvalue weighted by atomic mass is 19.1. The fourth-order valence-electron chi connectivity index (χ4n) is 2.92. The van der Waals surface area contributed by atoms with Gasteiger partial charge >= 0.3 is 0 Å². The van der Waals surface area contributed by atoms with E-state index in [4.69, 9.17) is 0 Å². The van der Waals surface area contributed by atoms with E-state index in [-0.39, 0.29) is 11.9 Å². The maximum atomic E-state index is 13.2. The van der Waals surface area contributed by atoms with E-state index in [2.05, 4.69) is 5.32 Å². The SMILES string of the molecule is CC(O)c1ccccc1NC1CCc2cc(F)ccc21. The zero-order valence-electron chi connectivity index (χ0n) is 11.4. The molecule has 104 valence electrons. The molecule has 0 fully saturated rings. The number of para-hydroxylation sites is 1. The summed E-state index contributed by atoms with van der Waals surface area (Å²) in [6.45, 7) is 1.76. The summed E-state index contributed by atoms with van der Waals surface area (Å²) in [5.41, 5.74) is 4.08. The predicted molar refractivity (Wildman–Crippen MR) is 78.2 cm³/mol. The lowest BCUT2D eigenvalue weighted by Gasteiger charge is -2.19. The Kier molecular flexibility index (Phi) is 3.45. The first-order valence-electron chi connectivity index (χ1n) is 6.97. The summed E-state index contributed by atoms with van der Waals surface area (Å²) in [5, 5.41) is 13.3. The minimum atomic E-state index is -0.507. The largest absolute Gasteiger partial charge is 0.389 e. The van der Waals surface area contributed by atoms with Crippen LogP contribution in [0.4, 0.5) is 10.1 Å². The highest BCUT2D eigenvalue weighted by Gasteiger charge is 2.23. The lowest BCUT2D eigenvalue weighted by molar-refractivity contribution is 0.200. The van der Waals surface area contributed by atoms with Crippen molar-refractivity contribution in [2.45, 2.75) is 31.9 Å². The Morgan fingerprint density at radius 3 is 2.85 bits per heavy atom. The van der Waals surface area contributed by atoms with Crippen molar-refractivity contribution in [3.63, 3.8) is 0 Å². The Labute approximate surface area is 118 Å². The summed E-state index contributed by atoms with van der Waals surface area (Å²) in [7, 11) is 0. The highest BCUT2D eigenvalue weighted by Crippen LogP contribution is 2.35. The normalized spacial score (nSPS) is 18.6. The van der Waals surface area contributed by atoms with Gasteiger partial charge in [-0.25, -0.2) is 4.39 Å². The fraction of sp³-hybridized carbons (Fsp3) is 0.294. The average Bonchev–Trinajstić information content (AvgIpc) is 2.81. The van der Waals surface area contributed by atoms with Crippen molar-refractivity contribution in [2.75, 3.05) is 5.32 Å². The van der Waals surface area contributed by atoms with E-state index in [1.165, 1.54) is 6.07 Å². The molecule has 0 amide bonds. The average molecular weight is 271 g/mol. The number of hydrogen-bond acceptors (Lipinski definition) is 2. The number of aliphatic hydroxyl groups is 1. The van der Waals surface area contributed by atoms with E-state index < -0.39 is 6.10 Å². The van der Waals surface area contributed by atoms with Gasteiger partial charge in [0.15, 0.2) is 0 Å². The molecule has 2 atom stereocenters. The minimum Gasteiger partial charge on any atom is -0.389 e. The second-order valence-electron chi connectivity index (χ2n) is 5.34. The van der Waals surface area contributed by atoms with Crippen LogP contribution in [0, 0.1) is 5.82 Å². The van der Waals surface area contributed by atoms with Crippen LogP contribution in [-0.4, -0.2) is 5.11 Å². The van der Waals surface area contributed by atoms with E-state index in [0.29, 0.717) is 0 Å². The Morgan fingerprint density at radius 1 is 1.25 bits per heavy atom. The number of nitrogens with one attached hydrogen (secondary N) is 1. The van der Waals surface area contributed by atoms with E-state index in [1.807, 2.05) is 30.3 Å². The van der Waals surface area contributed by atoms with Crippen molar-refractivity contribution >= 4 is 5.69 Å². The molecule has 0 spiro atoms. The third kappa shape index (κ3) is 2.41. The third-order valence-corrected chi connectivity index (χ3v) is 3.92. The molecule has 1 aliphatic rings. The zero-order valence-corrected chi connectivity index (χ0v) is 11.4. The number of fused-ring (bicyclic) bond motifs is 1. The molecule has 0 heterocycles. The molecule has 3 heteroatoms. The van der Waals surface area contributed by atoms with Crippen LogP contribution < -0.4 is 5.32 Å². The molecule has 2 aromatic carbocycles. The van der Waals surface area contributed by atoms with Crippen LogP contribution >= 0.6 is 0 Å². The van der Waals surface area contributed by atoms with Gasteiger partial charge in [-0.15, -0.1) is 0 Å². The number of aliphatic hydroxyl groups excluding tert-OH is 1. The van der Waals surface area contributed by atoms with Crippen LogP contribution in [0.15, 0.2) is 42.5 Å². The van der Waals surface area contributed by atoms with Gasteiger partial charge < -0.3 is 10.4 Å². The lowest BCUT2D eigenvalue weighted by atomic mass is 10.0. The van der Waals surface area contributed by atoms with Gasteiger partial charge in [-0.1, -0.05) is 24.3 Å². The summed E-state index contributed by atoms with van der Waals surface area (Å²) < 4.78 is 13.2. The monoisotopic (exact) mass is 271 g/mol. The molecule has 2 N–H and O–H groups in total. The number of hydrogen-bond donors (Lipinski definition) is 2. The number of halogens is 1. The second kappa shape index (κ2) is 5.25. The quantitative estimate of drug-likeness (QED) is 0.885. The summed E-state index contributed by atoms with van der Waals surface area (Å²) >= 11 is 0. The molecule has 0 aromatic heterocycles. The highest BCUT2D eigenvalue weighted by molar-refractivity contribution is 5.54. The zero-order chi connectivity index (χ0) is 14.1. The molecular weight excluding hydrogens is 253 g/mol. The maximum Gasteiger partial charge on any atom is 0.123 e. The smallest absolute Gasteiger partial charge is 0.123 e. The molecule has 2 unspecified atom stereocenters. The van der Waals surface area contributed by atoms with Gasteiger partial charge in [-0.2, -0.15) is 0 Å². The van der Waals surface area contributed by atoms with Crippen molar-refractivity contribution < 1.29 is 9.50 Å². The molecule has 1 aliphatic carbocycles. The van der Waals surface area contributed by atoms with Gasteiger partial charge in [0.2, 0.25) is 0 Å². The van der Waals surface area contributed by atoms with Crippen molar-refractivity contribution in [3.05, 3.63) is 65.0 Å². The number of anilines is 1. The van der Waals surface area contributed by atoms with Gasteiger partial charge in [0, 0.05) is 11.3 Å². The predicted octanol–water partition coefficient (Wildman–Crippen LogP) is 3.98. The van der Waals surface area contributed by atoms with E-state index >= 15 is 0 Å². The van der Waals surface area contributed by atoms with Crippen LogP contribution in [0.2, 0.25) is 0 Å². The van der Waals surface area contributed by atoms with Crippen LogP contribution in [0.3, 0.4) is 0 Å². The van der Waals surface area contributed by atoms with Crippen LogP contribution in [-0.2, 0) is 6.42 Å². The Hall–Kier alpha value is -1.87. The molecule has 20 heavy (non-hydrogen) atoms. The summed E-state index contributed by atoms with van der Waals surface area (Å²) in [4.78, 5) is 0. The standard InChI is InChI=1S/C17H18FNO/c1-11(20)14-4-2-3-5-16(14)19-17-9-6-12-10-13(18)7-8-15(12)17/h2-5,7-8,10-11,17,19-20H,6,9H2,1H3. The first kappa shape index (κ1) is 13.1. The van der Waals surface area contributed by atoms with E-state index in [0.717, 1.165) is 35.2 Å². The molecule has 0 saturated carbocycles. The molecule has 3 rings (SSSR count). The topological polar surface area (TPSA) is 32.3 Å². The summed E-state index contributed by atoms with van der Waals surface area (Å²) in [6.07, 6.45) is 1.34. The van der Waals surface area contributed by atoms with Gasteiger partial charge in [0.25, 0.3) is 0 Å².